The zero-order valence-electron chi connectivity index (χ0n) is 12.2. The third-order valence-corrected chi connectivity index (χ3v) is 3.46. The van der Waals surface area contributed by atoms with E-state index in [4.69, 9.17) is 14.9 Å². The number of hydrogen-bond donors (Lipinski definition) is 1. The SMILES string of the molecule is COc1c(C)cc(C(N)c2cc(C)oc2C)cc1C. The summed E-state index contributed by atoms with van der Waals surface area (Å²) in [6, 6.07) is 6.01. The lowest BCUT2D eigenvalue weighted by Crippen LogP contribution is -2.13. The van der Waals surface area contributed by atoms with Crippen LogP contribution in [-0.2, 0) is 0 Å². The number of hydrogen-bond acceptors (Lipinski definition) is 3. The van der Waals surface area contributed by atoms with E-state index >= 15 is 0 Å². The van der Waals surface area contributed by atoms with Crippen LogP contribution in [0.4, 0.5) is 0 Å². The van der Waals surface area contributed by atoms with Crippen molar-refractivity contribution in [3.05, 3.63) is 52.0 Å². The Morgan fingerprint density at radius 1 is 1.05 bits per heavy atom. The predicted molar refractivity (Wildman–Crippen MR) is 76.7 cm³/mol. The normalized spacial score (nSPS) is 12.5. The van der Waals surface area contributed by atoms with Gasteiger partial charge in [0.1, 0.15) is 17.3 Å². The third-order valence-electron chi connectivity index (χ3n) is 3.46. The fraction of sp³-hybridized carbons (Fsp3) is 0.375. The molecule has 1 aromatic heterocycles. The maximum Gasteiger partial charge on any atom is 0.124 e. The molecule has 1 unspecified atom stereocenters. The summed E-state index contributed by atoms with van der Waals surface area (Å²) in [6.07, 6.45) is 0. The first kappa shape index (κ1) is 13.7. The highest BCUT2D eigenvalue weighted by Gasteiger charge is 2.17. The Bertz CT molecular complexity index is 576. The third kappa shape index (κ3) is 2.51. The highest BCUT2D eigenvalue weighted by atomic mass is 16.5. The first-order valence-electron chi connectivity index (χ1n) is 6.41. The van der Waals surface area contributed by atoms with Crippen molar-refractivity contribution >= 4 is 0 Å². The molecule has 2 rings (SSSR count). The minimum absolute atomic E-state index is 0.166. The monoisotopic (exact) mass is 259 g/mol. The summed E-state index contributed by atoms with van der Waals surface area (Å²) in [5.74, 6) is 2.71. The van der Waals surface area contributed by atoms with Crippen LogP contribution in [0.3, 0.4) is 0 Å². The molecule has 0 bridgehead atoms. The van der Waals surface area contributed by atoms with Crippen molar-refractivity contribution in [3.63, 3.8) is 0 Å². The zero-order valence-corrected chi connectivity index (χ0v) is 12.2. The minimum atomic E-state index is -0.166. The van der Waals surface area contributed by atoms with Crippen molar-refractivity contribution in [3.8, 4) is 5.75 Å². The standard InChI is InChI=1S/C16H21NO2/c1-9-6-13(7-10(2)16(9)18-5)15(17)14-8-11(3)19-12(14)4/h6-8,15H,17H2,1-5H3. The van der Waals surface area contributed by atoms with Gasteiger partial charge in [-0.05, 0) is 50.5 Å². The highest BCUT2D eigenvalue weighted by Crippen LogP contribution is 2.31. The van der Waals surface area contributed by atoms with Gasteiger partial charge in [-0.25, -0.2) is 0 Å². The largest absolute Gasteiger partial charge is 0.496 e. The maximum atomic E-state index is 6.36. The Hall–Kier alpha value is -1.74. The van der Waals surface area contributed by atoms with Crippen molar-refractivity contribution in [1.29, 1.82) is 0 Å². The van der Waals surface area contributed by atoms with E-state index < -0.39 is 0 Å². The van der Waals surface area contributed by atoms with Gasteiger partial charge in [0, 0.05) is 5.56 Å². The molecule has 0 saturated heterocycles. The molecule has 0 spiro atoms. The van der Waals surface area contributed by atoms with Crippen LogP contribution in [0.15, 0.2) is 22.6 Å². The number of nitrogens with two attached hydrogens (primary N) is 1. The van der Waals surface area contributed by atoms with Gasteiger partial charge in [-0.15, -0.1) is 0 Å². The molecule has 0 saturated carbocycles. The van der Waals surface area contributed by atoms with E-state index in [-0.39, 0.29) is 6.04 Å². The molecule has 3 nitrogen and oxygen atoms in total. The van der Waals surface area contributed by atoms with Crippen LogP contribution >= 0.6 is 0 Å². The van der Waals surface area contributed by atoms with Crippen LogP contribution < -0.4 is 10.5 Å². The van der Waals surface area contributed by atoms with Crippen molar-refractivity contribution < 1.29 is 9.15 Å². The van der Waals surface area contributed by atoms with Gasteiger partial charge in [0.2, 0.25) is 0 Å². The Morgan fingerprint density at radius 2 is 1.63 bits per heavy atom. The summed E-state index contributed by atoms with van der Waals surface area (Å²) < 4.78 is 10.9. The van der Waals surface area contributed by atoms with E-state index in [0.29, 0.717) is 0 Å². The molecular formula is C16H21NO2. The van der Waals surface area contributed by atoms with Gasteiger partial charge >= 0.3 is 0 Å². The minimum Gasteiger partial charge on any atom is -0.496 e. The molecule has 0 aliphatic carbocycles. The van der Waals surface area contributed by atoms with E-state index in [2.05, 4.69) is 12.1 Å². The fourth-order valence-electron chi connectivity index (χ4n) is 2.62. The Morgan fingerprint density at radius 3 is 2.05 bits per heavy atom. The van der Waals surface area contributed by atoms with Crippen LogP contribution in [0.25, 0.3) is 0 Å². The van der Waals surface area contributed by atoms with Crippen LogP contribution in [0.5, 0.6) is 5.75 Å². The van der Waals surface area contributed by atoms with Gasteiger partial charge in [-0.2, -0.15) is 0 Å². The van der Waals surface area contributed by atoms with Crippen molar-refractivity contribution in [2.45, 2.75) is 33.7 Å². The summed E-state index contributed by atoms with van der Waals surface area (Å²) in [5.41, 5.74) is 10.7. The molecule has 19 heavy (non-hydrogen) atoms. The van der Waals surface area contributed by atoms with Crippen molar-refractivity contribution in [2.75, 3.05) is 7.11 Å². The molecule has 102 valence electrons. The number of benzene rings is 1. The van der Waals surface area contributed by atoms with E-state index in [0.717, 1.165) is 39.5 Å². The fourth-order valence-corrected chi connectivity index (χ4v) is 2.62. The molecule has 0 aliphatic rings. The molecule has 1 heterocycles. The van der Waals surface area contributed by atoms with Crippen LogP contribution in [-0.4, -0.2) is 7.11 Å². The van der Waals surface area contributed by atoms with Crippen LogP contribution in [0.1, 0.15) is 39.8 Å². The van der Waals surface area contributed by atoms with E-state index in [1.807, 2.05) is 33.8 Å². The number of ether oxygens (including phenoxy) is 1. The summed E-state index contributed by atoms with van der Waals surface area (Å²) in [4.78, 5) is 0. The summed E-state index contributed by atoms with van der Waals surface area (Å²) in [6.45, 7) is 7.96. The molecule has 0 radical (unpaired) electrons. The maximum absolute atomic E-state index is 6.36. The van der Waals surface area contributed by atoms with Crippen molar-refractivity contribution in [2.24, 2.45) is 5.73 Å². The molecule has 0 amide bonds. The second-order valence-electron chi connectivity index (χ2n) is 5.03. The molecule has 2 aromatic rings. The van der Waals surface area contributed by atoms with Crippen molar-refractivity contribution in [1.82, 2.24) is 0 Å². The quantitative estimate of drug-likeness (QED) is 0.916. The van der Waals surface area contributed by atoms with E-state index in [1.54, 1.807) is 7.11 Å². The smallest absolute Gasteiger partial charge is 0.124 e. The molecule has 0 fully saturated rings. The van der Waals surface area contributed by atoms with E-state index in [9.17, 15) is 0 Å². The topological polar surface area (TPSA) is 48.4 Å². The molecular weight excluding hydrogens is 238 g/mol. The summed E-state index contributed by atoms with van der Waals surface area (Å²) in [7, 11) is 1.69. The lowest BCUT2D eigenvalue weighted by atomic mass is 9.96. The highest BCUT2D eigenvalue weighted by molar-refractivity contribution is 5.46. The first-order chi connectivity index (χ1) is 8.93. The Balaban J connectivity index is 2.45. The van der Waals surface area contributed by atoms with Gasteiger partial charge in [0.25, 0.3) is 0 Å². The Kier molecular flexibility index (Phi) is 3.67. The second kappa shape index (κ2) is 5.10. The number of aryl methyl sites for hydroxylation is 4. The second-order valence-corrected chi connectivity index (χ2v) is 5.03. The molecule has 3 heteroatoms. The molecule has 1 atom stereocenters. The summed E-state index contributed by atoms with van der Waals surface area (Å²) >= 11 is 0. The average molecular weight is 259 g/mol. The van der Waals surface area contributed by atoms with Gasteiger partial charge in [-0.1, -0.05) is 12.1 Å². The molecule has 1 aromatic carbocycles. The van der Waals surface area contributed by atoms with Crippen LogP contribution in [0, 0.1) is 27.7 Å². The van der Waals surface area contributed by atoms with Crippen LogP contribution in [0.2, 0.25) is 0 Å². The average Bonchev–Trinajstić information content (AvgIpc) is 2.67. The lowest BCUT2D eigenvalue weighted by Gasteiger charge is -2.16. The Labute approximate surface area is 114 Å². The summed E-state index contributed by atoms with van der Waals surface area (Å²) in [5, 5.41) is 0. The predicted octanol–water partition coefficient (Wildman–Crippen LogP) is 3.57. The van der Waals surface area contributed by atoms with Gasteiger partial charge in [-0.3, -0.25) is 0 Å². The van der Waals surface area contributed by atoms with E-state index in [1.165, 1.54) is 0 Å². The zero-order chi connectivity index (χ0) is 14.2. The first-order valence-corrected chi connectivity index (χ1v) is 6.41. The number of furan rings is 1. The number of rotatable bonds is 3. The number of methoxy groups -OCH3 is 1. The lowest BCUT2D eigenvalue weighted by molar-refractivity contribution is 0.408. The van der Waals surface area contributed by atoms with Gasteiger partial charge in [0.15, 0.2) is 0 Å². The molecule has 2 N–H and O–H groups in total. The molecule has 0 aliphatic heterocycles. The van der Waals surface area contributed by atoms with Gasteiger partial charge < -0.3 is 14.9 Å². The van der Waals surface area contributed by atoms with Gasteiger partial charge in [0.05, 0.1) is 13.2 Å².